The van der Waals surface area contributed by atoms with Crippen LogP contribution < -0.4 is 5.32 Å². The lowest BCUT2D eigenvalue weighted by Crippen LogP contribution is -2.41. The van der Waals surface area contributed by atoms with Crippen molar-refractivity contribution in [1.29, 1.82) is 0 Å². The lowest BCUT2D eigenvalue weighted by atomic mass is 9.84. The van der Waals surface area contributed by atoms with Gasteiger partial charge in [-0.3, -0.25) is 0 Å². The highest BCUT2D eigenvalue weighted by Crippen LogP contribution is 2.28. The Kier molecular flexibility index (Phi) is 3.57. The smallest absolute Gasteiger partial charge is 0.0408 e. The number of hydrogen-bond donors (Lipinski definition) is 1. The molecule has 1 N–H and O–H groups in total. The first kappa shape index (κ1) is 11.5. The average Bonchev–Trinajstić information content (AvgIpc) is 2.16. The van der Waals surface area contributed by atoms with Crippen LogP contribution in [0.2, 0.25) is 5.02 Å². The molecule has 1 unspecified atom stereocenters. The predicted molar refractivity (Wildman–Crippen MR) is 63.0 cm³/mol. The third-order valence-corrected chi connectivity index (χ3v) is 3.31. The van der Waals surface area contributed by atoms with E-state index in [1.54, 1.807) is 0 Å². The van der Waals surface area contributed by atoms with E-state index in [2.05, 4.69) is 32.2 Å². The quantitative estimate of drug-likeness (QED) is 0.808. The number of rotatable bonds is 3. The minimum Gasteiger partial charge on any atom is -0.314 e. The van der Waals surface area contributed by atoms with Gasteiger partial charge in [0.25, 0.3) is 0 Å². The summed E-state index contributed by atoms with van der Waals surface area (Å²) in [6, 6.07) is 8.06. The molecule has 0 saturated heterocycles. The van der Waals surface area contributed by atoms with Crippen LogP contribution in [-0.4, -0.2) is 12.6 Å². The van der Waals surface area contributed by atoms with Gasteiger partial charge in [0.05, 0.1) is 0 Å². The summed E-state index contributed by atoms with van der Waals surface area (Å²) in [5, 5.41) is 4.12. The van der Waals surface area contributed by atoms with E-state index in [1.807, 2.05) is 25.2 Å². The molecule has 1 aromatic rings. The van der Waals surface area contributed by atoms with Gasteiger partial charge in [-0.2, -0.15) is 0 Å². The molecule has 0 aliphatic rings. The standard InChI is InChI=1S/C12H18ClN/c1-9(12(2,3)14-4)10-6-5-7-11(13)8-10/h5-9,14H,1-4H3. The van der Waals surface area contributed by atoms with E-state index in [4.69, 9.17) is 11.6 Å². The normalized spacial score (nSPS) is 14.1. The molecule has 1 aromatic carbocycles. The maximum atomic E-state index is 5.96. The van der Waals surface area contributed by atoms with Crippen LogP contribution in [0.5, 0.6) is 0 Å². The van der Waals surface area contributed by atoms with E-state index in [1.165, 1.54) is 5.56 Å². The molecule has 14 heavy (non-hydrogen) atoms. The highest BCUT2D eigenvalue weighted by atomic mass is 35.5. The van der Waals surface area contributed by atoms with Crippen LogP contribution >= 0.6 is 11.6 Å². The van der Waals surface area contributed by atoms with E-state index < -0.39 is 0 Å². The summed E-state index contributed by atoms with van der Waals surface area (Å²) in [5.41, 5.74) is 1.36. The highest BCUT2D eigenvalue weighted by molar-refractivity contribution is 6.30. The van der Waals surface area contributed by atoms with Crippen molar-refractivity contribution < 1.29 is 0 Å². The van der Waals surface area contributed by atoms with Gasteiger partial charge in [-0.1, -0.05) is 30.7 Å². The zero-order chi connectivity index (χ0) is 10.8. The molecular formula is C12H18ClN. The van der Waals surface area contributed by atoms with E-state index in [9.17, 15) is 0 Å². The summed E-state index contributed by atoms with van der Waals surface area (Å²) in [6.45, 7) is 6.60. The Morgan fingerprint density at radius 1 is 1.36 bits per heavy atom. The first-order valence-corrected chi connectivity index (χ1v) is 5.29. The Bertz CT molecular complexity index is 307. The maximum absolute atomic E-state index is 5.96. The fourth-order valence-corrected chi connectivity index (χ4v) is 1.61. The van der Waals surface area contributed by atoms with Crippen LogP contribution in [0.25, 0.3) is 0 Å². The van der Waals surface area contributed by atoms with Crippen molar-refractivity contribution >= 4 is 11.6 Å². The Labute approximate surface area is 91.5 Å². The molecule has 1 nitrogen and oxygen atoms in total. The number of nitrogens with one attached hydrogen (secondary N) is 1. The SMILES string of the molecule is CNC(C)(C)C(C)c1cccc(Cl)c1. The lowest BCUT2D eigenvalue weighted by molar-refractivity contribution is 0.360. The molecule has 1 rings (SSSR count). The monoisotopic (exact) mass is 211 g/mol. The maximum Gasteiger partial charge on any atom is 0.0408 e. The molecule has 0 bridgehead atoms. The van der Waals surface area contributed by atoms with E-state index in [-0.39, 0.29) is 5.54 Å². The summed E-state index contributed by atoms with van der Waals surface area (Å²) >= 11 is 5.96. The average molecular weight is 212 g/mol. The Hall–Kier alpha value is -0.530. The Morgan fingerprint density at radius 3 is 2.50 bits per heavy atom. The highest BCUT2D eigenvalue weighted by Gasteiger charge is 2.24. The van der Waals surface area contributed by atoms with Gasteiger partial charge in [0.15, 0.2) is 0 Å². The van der Waals surface area contributed by atoms with Gasteiger partial charge in [-0.25, -0.2) is 0 Å². The molecule has 0 aliphatic carbocycles. The fourth-order valence-electron chi connectivity index (χ4n) is 1.41. The number of likely N-dealkylation sites (N-methyl/N-ethyl adjacent to an activating group) is 1. The zero-order valence-electron chi connectivity index (χ0n) is 9.26. The number of halogens is 1. The molecule has 0 aliphatic heterocycles. The van der Waals surface area contributed by atoms with Crippen LogP contribution in [0, 0.1) is 0 Å². The first-order chi connectivity index (χ1) is 6.47. The van der Waals surface area contributed by atoms with Gasteiger partial charge in [0.2, 0.25) is 0 Å². The van der Waals surface area contributed by atoms with Crippen LogP contribution in [-0.2, 0) is 0 Å². The van der Waals surface area contributed by atoms with Gasteiger partial charge in [-0.15, -0.1) is 0 Å². The third-order valence-electron chi connectivity index (χ3n) is 3.08. The zero-order valence-corrected chi connectivity index (χ0v) is 10.0. The molecule has 0 spiro atoms. The molecule has 0 amide bonds. The van der Waals surface area contributed by atoms with Crippen molar-refractivity contribution in [1.82, 2.24) is 5.32 Å². The summed E-state index contributed by atoms with van der Waals surface area (Å²) in [4.78, 5) is 0. The Balaban J connectivity index is 2.94. The fraction of sp³-hybridized carbons (Fsp3) is 0.500. The van der Waals surface area contributed by atoms with Crippen molar-refractivity contribution in [3.05, 3.63) is 34.9 Å². The van der Waals surface area contributed by atoms with Gasteiger partial charge >= 0.3 is 0 Å². The molecule has 0 radical (unpaired) electrons. The molecular weight excluding hydrogens is 194 g/mol. The second-order valence-electron chi connectivity index (χ2n) is 4.25. The molecule has 2 heteroatoms. The van der Waals surface area contributed by atoms with Gasteiger partial charge in [0, 0.05) is 10.6 Å². The van der Waals surface area contributed by atoms with E-state index in [0.717, 1.165) is 5.02 Å². The lowest BCUT2D eigenvalue weighted by Gasteiger charge is -2.32. The first-order valence-electron chi connectivity index (χ1n) is 4.92. The van der Waals surface area contributed by atoms with Gasteiger partial charge < -0.3 is 5.32 Å². The molecule has 0 aromatic heterocycles. The number of benzene rings is 1. The summed E-state index contributed by atoms with van der Waals surface area (Å²) < 4.78 is 0. The Morgan fingerprint density at radius 2 is 2.00 bits per heavy atom. The molecule has 0 heterocycles. The van der Waals surface area contributed by atoms with Crippen molar-refractivity contribution in [2.24, 2.45) is 0 Å². The van der Waals surface area contributed by atoms with Crippen molar-refractivity contribution in [3.8, 4) is 0 Å². The third kappa shape index (κ3) is 2.49. The minimum absolute atomic E-state index is 0.0880. The van der Waals surface area contributed by atoms with Crippen molar-refractivity contribution in [2.45, 2.75) is 32.2 Å². The van der Waals surface area contributed by atoms with Gasteiger partial charge in [0.1, 0.15) is 0 Å². The van der Waals surface area contributed by atoms with Gasteiger partial charge in [-0.05, 0) is 44.5 Å². The molecule has 0 fully saturated rings. The topological polar surface area (TPSA) is 12.0 Å². The largest absolute Gasteiger partial charge is 0.314 e. The molecule has 0 saturated carbocycles. The molecule has 1 atom stereocenters. The van der Waals surface area contributed by atoms with Crippen LogP contribution in [0.3, 0.4) is 0 Å². The van der Waals surface area contributed by atoms with Crippen LogP contribution in [0.15, 0.2) is 24.3 Å². The minimum atomic E-state index is 0.0880. The van der Waals surface area contributed by atoms with E-state index >= 15 is 0 Å². The summed E-state index contributed by atoms with van der Waals surface area (Å²) in [5.74, 6) is 0.436. The second kappa shape index (κ2) is 4.33. The van der Waals surface area contributed by atoms with Crippen LogP contribution in [0.1, 0.15) is 32.3 Å². The molecule has 78 valence electrons. The predicted octanol–water partition coefficient (Wildman–Crippen LogP) is 3.44. The number of hydrogen-bond acceptors (Lipinski definition) is 1. The van der Waals surface area contributed by atoms with E-state index in [0.29, 0.717) is 5.92 Å². The summed E-state index contributed by atoms with van der Waals surface area (Å²) in [6.07, 6.45) is 0. The van der Waals surface area contributed by atoms with Crippen molar-refractivity contribution in [2.75, 3.05) is 7.05 Å². The summed E-state index contributed by atoms with van der Waals surface area (Å²) in [7, 11) is 1.99. The van der Waals surface area contributed by atoms with Crippen molar-refractivity contribution in [3.63, 3.8) is 0 Å². The van der Waals surface area contributed by atoms with Crippen LogP contribution in [0.4, 0.5) is 0 Å². The second-order valence-corrected chi connectivity index (χ2v) is 4.68.